The van der Waals surface area contributed by atoms with Crippen molar-refractivity contribution in [1.29, 1.82) is 0 Å². The number of halogens is 1. The first-order valence-electron chi connectivity index (χ1n) is 8.20. The zero-order valence-corrected chi connectivity index (χ0v) is 14.0. The molecule has 0 saturated carbocycles. The molecule has 24 heavy (non-hydrogen) atoms. The number of hydrogen-bond donors (Lipinski definition) is 1. The van der Waals surface area contributed by atoms with Crippen LogP contribution in [0.4, 0.5) is 0 Å². The first-order chi connectivity index (χ1) is 11.7. The number of amides is 1. The Morgan fingerprint density at radius 3 is 2.50 bits per heavy atom. The number of rotatable bonds is 2. The van der Waals surface area contributed by atoms with Gasteiger partial charge in [0.25, 0.3) is 5.91 Å². The number of carbonyl (C=O) groups excluding carboxylic acids is 1. The van der Waals surface area contributed by atoms with E-state index in [2.05, 4.69) is 4.98 Å². The molecule has 2 heterocycles. The van der Waals surface area contributed by atoms with Gasteiger partial charge in [-0.2, -0.15) is 0 Å². The maximum Gasteiger partial charge on any atom is 0.253 e. The van der Waals surface area contributed by atoms with Gasteiger partial charge in [-0.3, -0.25) is 4.79 Å². The number of H-pyrrole nitrogens is 1. The van der Waals surface area contributed by atoms with E-state index in [4.69, 9.17) is 16.6 Å². The predicted molar refractivity (Wildman–Crippen MR) is 95.4 cm³/mol. The summed E-state index contributed by atoms with van der Waals surface area (Å²) in [5.41, 5.74) is 2.78. The Labute approximate surface area is 145 Å². The highest BCUT2D eigenvalue weighted by molar-refractivity contribution is 6.30. The molecule has 0 bridgehead atoms. The lowest BCUT2D eigenvalue weighted by molar-refractivity contribution is 0.0711. The van der Waals surface area contributed by atoms with Crippen LogP contribution in [0.1, 0.15) is 34.9 Å². The lowest BCUT2D eigenvalue weighted by Gasteiger charge is -2.31. The van der Waals surface area contributed by atoms with Gasteiger partial charge in [0.05, 0.1) is 11.0 Å². The second-order valence-electron chi connectivity index (χ2n) is 6.21. The monoisotopic (exact) mass is 339 g/mol. The minimum absolute atomic E-state index is 0.0784. The van der Waals surface area contributed by atoms with Crippen LogP contribution in [0.2, 0.25) is 5.02 Å². The minimum atomic E-state index is 0.0784. The molecular formula is C19H18ClN3O. The summed E-state index contributed by atoms with van der Waals surface area (Å²) >= 11 is 5.89. The van der Waals surface area contributed by atoms with Crippen molar-refractivity contribution in [2.75, 3.05) is 13.1 Å². The average Bonchev–Trinajstić information content (AvgIpc) is 3.06. The molecule has 1 aliphatic heterocycles. The zero-order chi connectivity index (χ0) is 16.5. The summed E-state index contributed by atoms with van der Waals surface area (Å²) in [4.78, 5) is 22.6. The Balaban J connectivity index is 1.44. The van der Waals surface area contributed by atoms with E-state index in [9.17, 15) is 4.79 Å². The number of carbonyl (C=O) groups is 1. The number of piperidine rings is 1. The second kappa shape index (κ2) is 6.29. The molecule has 1 fully saturated rings. The second-order valence-corrected chi connectivity index (χ2v) is 6.65. The van der Waals surface area contributed by atoms with Gasteiger partial charge in [-0.15, -0.1) is 0 Å². The van der Waals surface area contributed by atoms with Crippen molar-refractivity contribution in [1.82, 2.24) is 14.9 Å². The number of hydrogen-bond acceptors (Lipinski definition) is 2. The Bertz CT molecular complexity index is 831. The topological polar surface area (TPSA) is 49.0 Å². The Hall–Kier alpha value is -2.33. The first-order valence-corrected chi connectivity index (χ1v) is 8.58. The molecule has 0 aliphatic carbocycles. The lowest BCUT2D eigenvalue weighted by atomic mass is 9.95. The molecule has 1 saturated heterocycles. The normalized spacial score (nSPS) is 15.8. The highest BCUT2D eigenvalue weighted by atomic mass is 35.5. The van der Waals surface area contributed by atoms with E-state index in [0.29, 0.717) is 16.5 Å². The Kier molecular flexibility index (Phi) is 3.98. The molecule has 4 nitrogen and oxygen atoms in total. The van der Waals surface area contributed by atoms with E-state index in [0.717, 1.165) is 42.8 Å². The molecule has 2 aromatic carbocycles. The van der Waals surface area contributed by atoms with E-state index >= 15 is 0 Å². The molecule has 4 rings (SSSR count). The Morgan fingerprint density at radius 2 is 1.79 bits per heavy atom. The number of para-hydroxylation sites is 2. The molecule has 1 aromatic heterocycles. The quantitative estimate of drug-likeness (QED) is 0.759. The maximum atomic E-state index is 12.6. The van der Waals surface area contributed by atoms with Crippen LogP contribution in [0, 0.1) is 0 Å². The van der Waals surface area contributed by atoms with Crippen LogP contribution < -0.4 is 0 Å². The molecule has 0 radical (unpaired) electrons. The number of aromatic nitrogens is 2. The summed E-state index contributed by atoms with van der Waals surface area (Å²) in [6.45, 7) is 1.51. The number of likely N-dealkylation sites (tertiary alicyclic amines) is 1. The van der Waals surface area contributed by atoms with Crippen LogP contribution in [0.15, 0.2) is 48.5 Å². The smallest absolute Gasteiger partial charge is 0.253 e. The summed E-state index contributed by atoms with van der Waals surface area (Å²) in [7, 11) is 0. The lowest BCUT2D eigenvalue weighted by Crippen LogP contribution is -2.38. The highest BCUT2D eigenvalue weighted by Gasteiger charge is 2.26. The van der Waals surface area contributed by atoms with Gasteiger partial charge in [0.2, 0.25) is 0 Å². The Morgan fingerprint density at radius 1 is 1.08 bits per heavy atom. The van der Waals surface area contributed by atoms with E-state index < -0.39 is 0 Å². The van der Waals surface area contributed by atoms with Gasteiger partial charge < -0.3 is 9.88 Å². The summed E-state index contributed by atoms with van der Waals surface area (Å²) in [6, 6.07) is 15.2. The van der Waals surface area contributed by atoms with Crippen LogP contribution in [0.3, 0.4) is 0 Å². The van der Waals surface area contributed by atoms with Crippen LogP contribution in [0.5, 0.6) is 0 Å². The predicted octanol–water partition coefficient (Wildman–Crippen LogP) is 4.24. The molecule has 122 valence electrons. The average molecular weight is 340 g/mol. The van der Waals surface area contributed by atoms with Crippen molar-refractivity contribution >= 4 is 28.5 Å². The summed E-state index contributed by atoms with van der Waals surface area (Å²) in [5.74, 6) is 1.50. The van der Waals surface area contributed by atoms with Crippen LogP contribution >= 0.6 is 11.6 Å². The summed E-state index contributed by atoms with van der Waals surface area (Å²) in [6.07, 6.45) is 1.86. The fourth-order valence-electron chi connectivity index (χ4n) is 3.30. The summed E-state index contributed by atoms with van der Waals surface area (Å²) in [5, 5.41) is 0.648. The van der Waals surface area contributed by atoms with Crippen molar-refractivity contribution in [3.63, 3.8) is 0 Å². The molecule has 5 heteroatoms. The van der Waals surface area contributed by atoms with Gasteiger partial charge in [-0.25, -0.2) is 4.98 Å². The molecule has 0 spiro atoms. The molecule has 1 N–H and O–H groups in total. The van der Waals surface area contributed by atoms with Crippen molar-refractivity contribution in [2.45, 2.75) is 18.8 Å². The van der Waals surface area contributed by atoms with Gasteiger partial charge in [0.1, 0.15) is 5.82 Å². The molecule has 0 unspecified atom stereocenters. The third kappa shape index (κ3) is 2.89. The number of aromatic amines is 1. The van der Waals surface area contributed by atoms with Crippen LogP contribution in [0.25, 0.3) is 11.0 Å². The van der Waals surface area contributed by atoms with E-state index in [1.807, 2.05) is 29.2 Å². The molecule has 3 aromatic rings. The van der Waals surface area contributed by atoms with Gasteiger partial charge in [-0.1, -0.05) is 23.7 Å². The highest BCUT2D eigenvalue weighted by Crippen LogP contribution is 2.28. The van der Waals surface area contributed by atoms with Gasteiger partial charge in [0, 0.05) is 29.6 Å². The maximum absolute atomic E-state index is 12.6. The van der Waals surface area contributed by atoms with Crippen molar-refractivity contribution < 1.29 is 4.79 Å². The third-order valence-corrected chi connectivity index (χ3v) is 4.92. The van der Waals surface area contributed by atoms with E-state index in [-0.39, 0.29) is 5.91 Å². The number of imidazole rings is 1. The van der Waals surface area contributed by atoms with Crippen LogP contribution in [-0.4, -0.2) is 33.9 Å². The fraction of sp³-hybridized carbons (Fsp3) is 0.263. The van der Waals surface area contributed by atoms with Crippen molar-refractivity contribution in [3.05, 3.63) is 64.9 Å². The van der Waals surface area contributed by atoms with Crippen LogP contribution in [-0.2, 0) is 0 Å². The van der Waals surface area contributed by atoms with E-state index in [1.54, 1.807) is 24.3 Å². The third-order valence-electron chi connectivity index (χ3n) is 4.67. The van der Waals surface area contributed by atoms with Crippen molar-refractivity contribution in [3.8, 4) is 0 Å². The molecule has 1 amide bonds. The number of nitrogens with one attached hydrogen (secondary N) is 1. The number of nitrogens with zero attached hydrogens (tertiary/aromatic N) is 2. The van der Waals surface area contributed by atoms with Crippen molar-refractivity contribution in [2.24, 2.45) is 0 Å². The molecular weight excluding hydrogens is 322 g/mol. The summed E-state index contributed by atoms with van der Waals surface area (Å²) < 4.78 is 0. The largest absolute Gasteiger partial charge is 0.342 e. The van der Waals surface area contributed by atoms with E-state index in [1.165, 1.54) is 0 Å². The minimum Gasteiger partial charge on any atom is -0.342 e. The first kappa shape index (κ1) is 15.2. The SMILES string of the molecule is O=C(c1ccc(Cl)cc1)N1CCC(c2nc3ccccc3[nH]2)CC1. The zero-order valence-electron chi connectivity index (χ0n) is 13.2. The number of fused-ring (bicyclic) bond motifs is 1. The molecule has 1 aliphatic rings. The number of benzene rings is 2. The van der Waals surface area contributed by atoms with Gasteiger partial charge in [-0.05, 0) is 49.2 Å². The molecule has 0 atom stereocenters. The fourth-order valence-corrected chi connectivity index (χ4v) is 3.42. The van der Waals surface area contributed by atoms with Gasteiger partial charge in [0.15, 0.2) is 0 Å². The van der Waals surface area contributed by atoms with Gasteiger partial charge >= 0.3 is 0 Å². The standard InChI is InChI=1S/C19H18ClN3O/c20-15-7-5-14(6-8-15)19(24)23-11-9-13(10-12-23)18-21-16-3-1-2-4-17(16)22-18/h1-8,13H,9-12H2,(H,21,22).